The molecule has 0 radical (unpaired) electrons. The summed E-state index contributed by atoms with van der Waals surface area (Å²) in [6, 6.07) is 11.2. The van der Waals surface area contributed by atoms with E-state index in [0.717, 1.165) is 31.2 Å². The molecule has 0 heterocycles. The molecule has 44 heavy (non-hydrogen) atoms. The molecule has 1 saturated carbocycles. The van der Waals surface area contributed by atoms with Crippen LogP contribution in [0.25, 0.3) is 11.1 Å². The second-order valence-electron chi connectivity index (χ2n) is 11.4. The van der Waals surface area contributed by atoms with Crippen LogP contribution in [0.15, 0.2) is 47.4 Å². The lowest BCUT2D eigenvalue weighted by Crippen LogP contribution is -2.37. The van der Waals surface area contributed by atoms with Crippen molar-refractivity contribution in [3.63, 3.8) is 0 Å². The van der Waals surface area contributed by atoms with Gasteiger partial charge in [-0.15, -0.1) is 0 Å². The molecule has 2 atom stereocenters. The van der Waals surface area contributed by atoms with Gasteiger partial charge < -0.3 is 15.3 Å². The molecule has 0 aromatic heterocycles. The van der Waals surface area contributed by atoms with E-state index < -0.39 is 22.0 Å². The van der Waals surface area contributed by atoms with E-state index in [1.54, 1.807) is 35.2 Å². The number of thiol groups is 1. The summed E-state index contributed by atoms with van der Waals surface area (Å²) in [5.41, 5.74) is 1.42. The first-order valence-corrected chi connectivity index (χ1v) is 17.7. The molecule has 2 aromatic rings. The van der Waals surface area contributed by atoms with Crippen molar-refractivity contribution < 1.29 is 27.9 Å². The Labute approximate surface area is 271 Å². The third-order valence-corrected chi connectivity index (χ3v) is 10.2. The molecule has 0 bridgehead atoms. The Hall–Kier alpha value is -2.60. The molecule has 3 amide bonds. The van der Waals surface area contributed by atoms with Crippen LogP contribution in [0.4, 0.5) is 0 Å². The van der Waals surface area contributed by atoms with Crippen molar-refractivity contribution in [2.24, 2.45) is 5.92 Å². The number of nitrogens with zero attached hydrogens (tertiary/aromatic N) is 1. The molecular weight excluding hydrogens is 622 g/mol. The number of sulfonamides is 1. The fraction of sp³-hybridized carbons (Fsp3) is 0.531. The number of nitrogens with one attached hydrogen (secondary N) is 2. The van der Waals surface area contributed by atoms with Gasteiger partial charge in [0.1, 0.15) is 6.10 Å². The topological polar surface area (TPSA) is 133 Å². The van der Waals surface area contributed by atoms with Gasteiger partial charge in [0.05, 0.1) is 4.90 Å². The number of carbonyl (C=O) groups excluding carboxylic acids is 3. The number of halogens is 1. The minimum atomic E-state index is -4.30. The average Bonchev–Trinajstić information content (AvgIpc) is 3.00. The average molecular weight is 666 g/mol. The SMILES string of the molecule is CCCCC(=O)N(CCC(=O)NC[C@@H](S)C1CCCCC1)Cc1ccc(-c2ccccc2S(=O)(=O)NC(=O)[C@H](C)O)c(Cl)c1. The highest BCUT2D eigenvalue weighted by Crippen LogP contribution is 2.34. The summed E-state index contributed by atoms with van der Waals surface area (Å²) in [4.78, 5) is 39.2. The highest BCUT2D eigenvalue weighted by atomic mass is 35.5. The van der Waals surface area contributed by atoms with E-state index in [4.69, 9.17) is 24.2 Å². The van der Waals surface area contributed by atoms with Crippen LogP contribution in [-0.4, -0.2) is 60.6 Å². The highest BCUT2D eigenvalue weighted by molar-refractivity contribution is 7.90. The van der Waals surface area contributed by atoms with Gasteiger partial charge in [-0.3, -0.25) is 14.4 Å². The van der Waals surface area contributed by atoms with Gasteiger partial charge in [-0.2, -0.15) is 12.6 Å². The van der Waals surface area contributed by atoms with Crippen LogP contribution in [-0.2, 0) is 31.0 Å². The van der Waals surface area contributed by atoms with Crippen LogP contribution < -0.4 is 10.0 Å². The highest BCUT2D eigenvalue weighted by Gasteiger charge is 2.25. The van der Waals surface area contributed by atoms with E-state index in [9.17, 15) is 27.9 Å². The van der Waals surface area contributed by atoms with Crippen molar-refractivity contribution in [3.8, 4) is 11.1 Å². The van der Waals surface area contributed by atoms with Gasteiger partial charge in [-0.1, -0.05) is 74.5 Å². The Kier molecular flexibility index (Phi) is 14.0. The summed E-state index contributed by atoms with van der Waals surface area (Å²) < 4.78 is 27.8. The summed E-state index contributed by atoms with van der Waals surface area (Å²) in [5, 5.41) is 12.8. The van der Waals surface area contributed by atoms with Gasteiger partial charge in [0, 0.05) is 53.9 Å². The summed E-state index contributed by atoms with van der Waals surface area (Å²) in [5.74, 6) is -0.707. The number of amides is 3. The maximum atomic E-state index is 13.1. The minimum absolute atomic E-state index is 0.0561. The molecule has 9 nitrogen and oxygen atoms in total. The summed E-state index contributed by atoms with van der Waals surface area (Å²) in [7, 11) is -4.30. The maximum absolute atomic E-state index is 13.1. The van der Waals surface area contributed by atoms with E-state index in [-0.39, 0.29) is 52.1 Å². The predicted octanol–water partition coefficient (Wildman–Crippen LogP) is 5.10. The van der Waals surface area contributed by atoms with Crippen molar-refractivity contribution in [2.75, 3.05) is 13.1 Å². The lowest BCUT2D eigenvalue weighted by atomic mass is 9.86. The van der Waals surface area contributed by atoms with Gasteiger partial charge in [-0.05, 0) is 49.8 Å². The first kappa shape index (κ1) is 35.9. The quantitative estimate of drug-likeness (QED) is 0.196. The van der Waals surface area contributed by atoms with E-state index in [0.29, 0.717) is 24.4 Å². The number of rotatable bonds is 15. The lowest BCUT2D eigenvalue weighted by molar-refractivity contribution is -0.132. The zero-order valence-electron chi connectivity index (χ0n) is 25.4. The van der Waals surface area contributed by atoms with Crippen LogP contribution >= 0.6 is 24.2 Å². The lowest BCUT2D eigenvalue weighted by Gasteiger charge is -2.27. The second-order valence-corrected chi connectivity index (χ2v) is 14.1. The Balaban J connectivity index is 1.72. The Morgan fingerprint density at radius 1 is 1.07 bits per heavy atom. The van der Waals surface area contributed by atoms with Crippen LogP contribution in [0.1, 0.15) is 77.2 Å². The van der Waals surface area contributed by atoms with E-state index in [1.807, 2.05) is 11.6 Å². The zero-order chi connectivity index (χ0) is 32.3. The number of benzene rings is 2. The van der Waals surface area contributed by atoms with Gasteiger partial charge in [0.25, 0.3) is 15.9 Å². The fourth-order valence-electron chi connectivity index (χ4n) is 5.30. The van der Waals surface area contributed by atoms with Gasteiger partial charge in [-0.25, -0.2) is 13.1 Å². The number of carbonyl (C=O) groups is 3. The van der Waals surface area contributed by atoms with Crippen LogP contribution in [0.5, 0.6) is 0 Å². The van der Waals surface area contributed by atoms with Crippen molar-refractivity contribution in [2.45, 2.75) is 94.4 Å². The van der Waals surface area contributed by atoms with E-state index in [2.05, 4.69) is 5.32 Å². The van der Waals surface area contributed by atoms with Crippen LogP contribution in [0.2, 0.25) is 5.02 Å². The number of unbranched alkanes of at least 4 members (excludes halogenated alkanes) is 1. The monoisotopic (exact) mass is 665 g/mol. The molecule has 1 aliphatic rings. The first-order chi connectivity index (χ1) is 20.9. The molecule has 1 fully saturated rings. The first-order valence-electron chi connectivity index (χ1n) is 15.3. The maximum Gasteiger partial charge on any atom is 0.264 e. The minimum Gasteiger partial charge on any atom is -0.384 e. The smallest absolute Gasteiger partial charge is 0.264 e. The number of hydrogen-bond donors (Lipinski definition) is 4. The zero-order valence-corrected chi connectivity index (χ0v) is 27.9. The molecule has 3 N–H and O–H groups in total. The molecule has 0 spiro atoms. The predicted molar refractivity (Wildman–Crippen MR) is 176 cm³/mol. The Morgan fingerprint density at radius 3 is 2.43 bits per heavy atom. The van der Waals surface area contributed by atoms with Gasteiger partial charge in [0.15, 0.2) is 0 Å². The molecule has 0 saturated heterocycles. The van der Waals surface area contributed by atoms with Crippen molar-refractivity contribution in [3.05, 3.63) is 53.1 Å². The molecule has 12 heteroatoms. The van der Waals surface area contributed by atoms with Gasteiger partial charge >= 0.3 is 0 Å². The van der Waals surface area contributed by atoms with Crippen molar-refractivity contribution >= 4 is 52.0 Å². The van der Waals surface area contributed by atoms with Gasteiger partial charge in [0.2, 0.25) is 11.8 Å². The largest absolute Gasteiger partial charge is 0.384 e. The number of aliphatic hydroxyl groups is 1. The van der Waals surface area contributed by atoms with Crippen LogP contribution in [0.3, 0.4) is 0 Å². The Morgan fingerprint density at radius 2 is 1.77 bits per heavy atom. The normalized spacial score (nSPS) is 15.3. The molecule has 0 aliphatic heterocycles. The summed E-state index contributed by atoms with van der Waals surface area (Å²) in [6.07, 6.45) is 6.61. The summed E-state index contributed by atoms with van der Waals surface area (Å²) >= 11 is 11.4. The second kappa shape index (κ2) is 17.2. The van der Waals surface area contributed by atoms with Crippen LogP contribution in [0, 0.1) is 5.92 Å². The molecule has 3 rings (SSSR count). The van der Waals surface area contributed by atoms with Crippen molar-refractivity contribution in [1.29, 1.82) is 0 Å². The third kappa shape index (κ3) is 10.5. The van der Waals surface area contributed by atoms with E-state index >= 15 is 0 Å². The molecular formula is C32H44ClN3O6S2. The molecule has 0 unspecified atom stereocenters. The fourth-order valence-corrected chi connectivity index (χ4v) is 7.26. The third-order valence-electron chi connectivity index (χ3n) is 7.90. The molecule has 1 aliphatic carbocycles. The number of hydrogen-bond acceptors (Lipinski definition) is 7. The molecule has 242 valence electrons. The number of aliphatic hydroxyl groups excluding tert-OH is 1. The van der Waals surface area contributed by atoms with Crippen molar-refractivity contribution in [1.82, 2.24) is 14.9 Å². The van der Waals surface area contributed by atoms with E-state index in [1.165, 1.54) is 38.3 Å². The summed E-state index contributed by atoms with van der Waals surface area (Å²) in [6.45, 7) is 4.17. The Bertz CT molecular complexity index is 1400. The standard InChI is InChI=1S/C32H44ClN3O6S2/c1-3-4-14-31(39)36(18-17-30(38)34-20-28(43)24-10-6-5-7-11-24)21-23-15-16-25(27(33)19-23)26-12-8-9-13-29(26)44(41,42)35-32(40)22(2)37/h8-9,12-13,15-16,19,22,24,28,37,43H,3-7,10-11,14,17-18,20-21H2,1-2H3,(H,34,38)(H,35,40)/t22-,28+/m0/s1. The molecule has 2 aromatic carbocycles.